The number of rotatable bonds is 4. The summed E-state index contributed by atoms with van der Waals surface area (Å²) in [4.78, 5) is 12.8. The van der Waals surface area contributed by atoms with E-state index in [9.17, 15) is 18.0 Å². The number of amides is 1. The summed E-state index contributed by atoms with van der Waals surface area (Å²) in [6.45, 7) is 1.13. The normalized spacial score (nSPS) is 18.9. The first-order valence-corrected chi connectivity index (χ1v) is 9.68. The van der Waals surface area contributed by atoms with Crippen LogP contribution in [0.5, 0.6) is 0 Å². The number of nitrogens with zero attached hydrogens (tertiary/aromatic N) is 2. The van der Waals surface area contributed by atoms with Gasteiger partial charge in [-0.25, -0.2) is 13.2 Å². The van der Waals surface area contributed by atoms with Crippen molar-refractivity contribution in [1.29, 1.82) is 0 Å². The number of aromatic nitrogens is 2. The van der Waals surface area contributed by atoms with Crippen LogP contribution in [-0.2, 0) is 7.05 Å². The van der Waals surface area contributed by atoms with Gasteiger partial charge in [0, 0.05) is 37.3 Å². The monoisotopic (exact) mass is 414 g/mol. The van der Waals surface area contributed by atoms with Gasteiger partial charge in [0.05, 0.1) is 11.3 Å². The third kappa shape index (κ3) is 3.95. The Labute approximate surface area is 171 Å². The van der Waals surface area contributed by atoms with Crippen molar-refractivity contribution in [3.63, 3.8) is 0 Å². The van der Waals surface area contributed by atoms with E-state index >= 15 is 0 Å². The van der Waals surface area contributed by atoms with E-state index < -0.39 is 23.4 Å². The number of benzene rings is 2. The summed E-state index contributed by atoms with van der Waals surface area (Å²) in [6.07, 6.45) is 2.25. The number of halogens is 3. The summed E-state index contributed by atoms with van der Waals surface area (Å²) in [5.41, 5.74) is 1.88. The van der Waals surface area contributed by atoms with Gasteiger partial charge in [0.2, 0.25) is 0 Å². The van der Waals surface area contributed by atoms with E-state index in [1.165, 1.54) is 18.2 Å². The number of carbonyl (C=O) groups excluding carboxylic acids is 1. The van der Waals surface area contributed by atoms with Crippen LogP contribution >= 0.6 is 0 Å². The van der Waals surface area contributed by atoms with Gasteiger partial charge >= 0.3 is 0 Å². The fourth-order valence-electron chi connectivity index (χ4n) is 3.91. The molecule has 0 bridgehead atoms. The second kappa shape index (κ2) is 8.31. The summed E-state index contributed by atoms with van der Waals surface area (Å²) >= 11 is 0. The largest absolute Gasteiger partial charge is 0.347 e. The van der Waals surface area contributed by atoms with E-state index in [0.29, 0.717) is 30.6 Å². The van der Waals surface area contributed by atoms with Crippen molar-refractivity contribution < 1.29 is 18.0 Å². The van der Waals surface area contributed by atoms with Crippen LogP contribution in [0, 0.1) is 17.5 Å². The number of nitrogens with one attached hydrogen (secondary N) is 2. The molecule has 0 aliphatic carbocycles. The van der Waals surface area contributed by atoms with Crippen molar-refractivity contribution in [1.82, 2.24) is 20.4 Å². The third-order valence-corrected chi connectivity index (χ3v) is 5.50. The maximum atomic E-state index is 14.7. The van der Waals surface area contributed by atoms with Crippen molar-refractivity contribution in [3.8, 4) is 11.3 Å². The lowest BCUT2D eigenvalue weighted by molar-refractivity contribution is 0.0920. The summed E-state index contributed by atoms with van der Waals surface area (Å²) < 4.78 is 43.3. The molecular weight excluding hydrogens is 393 g/mol. The fraction of sp³-hybridized carbons (Fsp3) is 0.273. The number of aryl methyl sites for hydroxylation is 1. The Balaban J connectivity index is 1.54. The minimum Gasteiger partial charge on any atom is -0.347 e. The Hall–Kier alpha value is -3.13. The highest BCUT2D eigenvalue weighted by Crippen LogP contribution is 2.28. The molecule has 1 aliphatic rings. The second-order valence-corrected chi connectivity index (χ2v) is 7.39. The first kappa shape index (κ1) is 20.2. The van der Waals surface area contributed by atoms with Crippen LogP contribution in [0.4, 0.5) is 13.2 Å². The average Bonchev–Trinajstić information content (AvgIpc) is 3.16. The van der Waals surface area contributed by atoms with E-state index in [2.05, 4.69) is 15.7 Å². The summed E-state index contributed by atoms with van der Waals surface area (Å²) in [5.74, 6) is -3.23. The molecule has 0 spiro atoms. The molecule has 2 aromatic carbocycles. The summed E-state index contributed by atoms with van der Waals surface area (Å²) in [7, 11) is 1.75. The molecule has 2 heterocycles. The van der Waals surface area contributed by atoms with E-state index in [4.69, 9.17) is 0 Å². The number of piperidine rings is 1. The Morgan fingerprint density at radius 3 is 2.63 bits per heavy atom. The van der Waals surface area contributed by atoms with Gasteiger partial charge in [0.15, 0.2) is 11.6 Å². The molecule has 0 saturated carbocycles. The summed E-state index contributed by atoms with van der Waals surface area (Å²) in [5, 5.41) is 10.1. The molecule has 5 nitrogen and oxygen atoms in total. The van der Waals surface area contributed by atoms with Crippen LogP contribution in [0.25, 0.3) is 11.3 Å². The molecule has 1 saturated heterocycles. The summed E-state index contributed by atoms with van der Waals surface area (Å²) in [6, 6.07) is 9.56. The first-order valence-electron chi connectivity index (χ1n) is 9.68. The Bertz CT molecular complexity index is 1080. The van der Waals surface area contributed by atoms with E-state index in [1.54, 1.807) is 30.1 Å². The van der Waals surface area contributed by atoms with Crippen LogP contribution < -0.4 is 10.6 Å². The highest BCUT2D eigenvalue weighted by molar-refractivity contribution is 5.95. The molecule has 1 fully saturated rings. The molecule has 2 atom stereocenters. The van der Waals surface area contributed by atoms with Crippen LogP contribution in [-0.4, -0.2) is 34.8 Å². The molecule has 1 aromatic heterocycles. The van der Waals surface area contributed by atoms with Gasteiger partial charge in [-0.1, -0.05) is 12.1 Å². The smallest absolute Gasteiger partial charge is 0.254 e. The third-order valence-electron chi connectivity index (χ3n) is 5.50. The highest BCUT2D eigenvalue weighted by atomic mass is 19.2. The lowest BCUT2D eigenvalue weighted by Crippen LogP contribution is -2.50. The first-order chi connectivity index (χ1) is 14.4. The maximum absolute atomic E-state index is 14.7. The van der Waals surface area contributed by atoms with Gasteiger partial charge in [-0.2, -0.15) is 5.10 Å². The van der Waals surface area contributed by atoms with E-state index in [0.717, 1.165) is 17.8 Å². The van der Waals surface area contributed by atoms with Crippen LogP contribution in [0.3, 0.4) is 0 Å². The minimum atomic E-state index is -0.923. The molecule has 30 heavy (non-hydrogen) atoms. The lowest BCUT2D eigenvalue weighted by atomic mass is 9.85. The van der Waals surface area contributed by atoms with Gasteiger partial charge in [-0.05, 0) is 48.9 Å². The highest BCUT2D eigenvalue weighted by Gasteiger charge is 2.29. The fourth-order valence-corrected chi connectivity index (χ4v) is 3.91. The molecule has 4 rings (SSSR count). The van der Waals surface area contributed by atoms with Crippen molar-refractivity contribution in [2.75, 3.05) is 13.1 Å². The number of carbonyl (C=O) groups is 1. The SMILES string of the molecule is Cn1nccc1-c1ccc(C(=O)NC2CNCCC2c2ccc(F)c(F)c2)c(F)c1. The topological polar surface area (TPSA) is 59.0 Å². The molecule has 3 aromatic rings. The molecular formula is C22H21F3N4O. The molecule has 2 N–H and O–H groups in total. The van der Waals surface area contributed by atoms with Crippen molar-refractivity contribution in [2.24, 2.45) is 7.05 Å². The Morgan fingerprint density at radius 2 is 1.93 bits per heavy atom. The maximum Gasteiger partial charge on any atom is 0.254 e. The molecule has 156 valence electrons. The molecule has 0 radical (unpaired) electrons. The van der Waals surface area contributed by atoms with Crippen molar-refractivity contribution >= 4 is 5.91 Å². The zero-order chi connectivity index (χ0) is 21.3. The van der Waals surface area contributed by atoms with E-state index in [-0.39, 0.29) is 17.5 Å². The van der Waals surface area contributed by atoms with E-state index in [1.807, 2.05) is 0 Å². The van der Waals surface area contributed by atoms with Crippen LogP contribution in [0.15, 0.2) is 48.7 Å². The minimum absolute atomic E-state index is 0.0736. The van der Waals surface area contributed by atoms with Crippen molar-refractivity contribution in [2.45, 2.75) is 18.4 Å². The molecule has 2 unspecified atom stereocenters. The Kier molecular flexibility index (Phi) is 5.59. The van der Waals surface area contributed by atoms with Gasteiger partial charge in [-0.3, -0.25) is 9.48 Å². The van der Waals surface area contributed by atoms with Gasteiger partial charge in [0.25, 0.3) is 5.91 Å². The quantitative estimate of drug-likeness (QED) is 0.688. The average molecular weight is 414 g/mol. The second-order valence-electron chi connectivity index (χ2n) is 7.39. The van der Waals surface area contributed by atoms with Crippen LogP contribution in [0.1, 0.15) is 28.3 Å². The molecule has 1 aliphatic heterocycles. The predicted molar refractivity (Wildman–Crippen MR) is 106 cm³/mol. The lowest BCUT2D eigenvalue weighted by Gasteiger charge is -2.33. The van der Waals surface area contributed by atoms with Gasteiger partial charge in [-0.15, -0.1) is 0 Å². The van der Waals surface area contributed by atoms with Crippen molar-refractivity contribution in [3.05, 3.63) is 77.2 Å². The zero-order valence-electron chi connectivity index (χ0n) is 16.3. The molecule has 1 amide bonds. The van der Waals surface area contributed by atoms with Gasteiger partial charge in [0.1, 0.15) is 5.82 Å². The van der Waals surface area contributed by atoms with Gasteiger partial charge < -0.3 is 10.6 Å². The number of hydrogen-bond acceptors (Lipinski definition) is 3. The number of hydrogen-bond donors (Lipinski definition) is 2. The molecule has 8 heteroatoms. The van der Waals surface area contributed by atoms with Crippen LogP contribution in [0.2, 0.25) is 0 Å². The standard InChI is InChI=1S/C22H21F3N4O/c1-29-21(7-9-27-29)14-2-4-16(18(24)11-14)22(30)28-20-12-26-8-6-15(20)13-3-5-17(23)19(25)10-13/h2-5,7,9-11,15,20,26H,6,8,12H2,1H3,(H,28,30). The zero-order valence-corrected chi connectivity index (χ0v) is 16.3. The predicted octanol–water partition coefficient (Wildman–Crippen LogP) is 3.38. The Morgan fingerprint density at radius 1 is 1.10 bits per heavy atom.